The van der Waals surface area contributed by atoms with Gasteiger partial charge in [0.15, 0.2) is 5.43 Å². The number of benzene rings is 4. The summed E-state index contributed by atoms with van der Waals surface area (Å²) in [6, 6.07) is 30.1. The van der Waals surface area contributed by atoms with E-state index in [0.717, 1.165) is 21.5 Å². The van der Waals surface area contributed by atoms with Crippen LogP contribution >= 0.6 is 11.8 Å². The first-order valence-corrected chi connectivity index (χ1v) is 13.6. The minimum Gasteiger partial charge on any atom is -0.497 e. The molecular weight excluding hydrogens is 554 g/mol. The Hall–Kier alpha value is -5.22. The van der Waals surface area contributed by atoms with Crippen molar-refractivity contribution in [2.45, 2.75) is 9.79 Å². The maximum absolute atomic E-state index is 12.2. The van der Waals surface area contributed by atoms with Crippen LogP contribution in [0, 0.1) is 0 Å². The van der Waals surface area contributed by atoms with Crippen LogP contribution in [0.2, 0.25) is 0 Å². The van der Waals surface area contributed by atoms with Gasteiger partial charge in [0.05, 0.1) is 37.7 Å². The molecule has 0 atom stereocenters. The van der Waals surface area contributed by atoms with Gasteiger partial charge in [0.1, 0.15) is 22.8 Å². The molecule has 0 aliphatic heterocycles. The number of carbonyl (C=O) groups is 1. The molecule has 4 aromatic carbocycles. The Bertz CT molecular complexity index is 1900. The third-order valence-electron chi connectivity index (χ3n) is 6.13. The number of carbonyl (C=O) groups excluding carboxylic acids is 1. The molecule has 0 spiro atoms. The van der Waals surface area contributed by atoms with E-state index in [2.05, 4.69) is 32.2 Å². The van der Waals surface area contributed by atoms with E-state index in [1.165, 1.54) is 18.1 Å². The standard InChI is InChI=1S/C17H14O4.C15H13N3O2S/c1-19-12-5-3-4-11(8-12)16-10-15(18)14-7-6-13(20-2)9-17(14)21-16;1-20-15(19)18-14-16-12-8-7-11(9-13(12)17-14)21-10-5-3-2-4-6-10/h3-10H,1-2H3;2-9H,1H3,(H2,16,17,18,19). The molecule has 9 nitrogen and oxygen atoms in total. The highest BCUT2D eigenvalue weighted by atomic mass is 32.2. The SMILES string of the molecule is COC(=O)Nc1nc2ccc(Sc3ccccc3)cc2[nH]1.COc1cccc(-c2cc(=O)c3ccc(OC)cc3o2)c1. The van der Waals surface area contributed by atoms with E-state index >= 15 is 0 Å². The molecule has 6 aromatic rings. The van der Waals surface area contributed by atoms with Crippen molar-refractivity contribution in [2.75, 3.05) is 26.6 Å². The lowest BCUT2D eigenvalue weighted by atomic mass is 10.1. The molecule has 212 valence electrons. The normalized spacial score (nSPS) is 10.5. The summed E-state index contributed by atoms with van der Waals surface area (Å²) in [5, 5.41) is 3.05. The maximum Gasteiger partial charge on any atom is 0.413 e. The minimum absolute atomic E-state index is 0.0864. The Kier molecular flexibility index (Phi) is 8.74. The molecule has 0 saturated carbocycles. The average molecular weight is 582 g/mol. The average Bonchev–Trinajstić information content (AvgIpc) is 3.43. The van der Waals surface area contributed by atoms with Crippen molar-refractivity contribution in [3.8, 4) is 22.8 Å². The summed E-state index contributed by atoms with van der Waals surface area (Å²) in [6.45, 7) is 0. The summed E-state index contributed by atoms with van der Waals surface area (Å²) >= 11 is 1.67. The predicted molar refractivity (Wildman–Crippen MR) is 164 cm³/mol. The van der Waals surface area contributed by atoms with Gasteiger partial charge in [0.25, 0.3) is 0 Å². The van der Waals surface area contributed by atoms with Crippen LogP contribution in [-0.4, -0.2) is 37.4 Å². The lowest BCUT2D eigenvalue weighted by molar-refractivity contribution is 0.186. The number of nitrogens with one attached hydrogen (secondary N) is 2. The lowest BCUT2D eigenvalue weighted by Gasteiger charge is -2.06. The van der Waals surface area contributed by atoms with Gasteiger partial charge < -0.3 is 23.6 Å². The molecule has 6 rings (SSSR count). The fourth-order valence-corrected chi connectivity index (χ4v) is 4.94. The summed E-state index contributed by atoms with van der Waals surface area (Å²) in [7, 11) is 4.48. The van der Waals surface area contributed by atoms with Crippen molar-refractivity contribution >= 4 is 45.8 Å². The lowest BCUT2D eigenvalue weighted by Crippen LogP contribution is -2.11. The molecule has 0 bridgehead atoms. The molecular formula is C32H27N3O6S. The molecule has 10 heteroatoms. The molecule has 2 N–H and O–H groups in total. The van der Waals surface area contributed by atoms with Crippen LogP contribution < -0.4 is 20.2 Å². The Balaban J connectivity index is 0.000000168. The number of aromatic nitrogens is 2. The molecule has 42 heavy (non-hydrogen) atoms. The van der Waals surface area contributed by atoms with E-state index in [4.69, 9.17) is 13.9 Å². The molecule has 2 aromatic heterocycles. The van der Waals surface area contributed by atoms with Gasteiger partial charge in [-0.15, -0.1) is 0 Å². The van der Waals surface area contributed by atoms with Crippen LogP contribution in [-0.2, 0) is 4.74 Å². The van der Waals surface area contributed by atoms with E-state index in [0.29, 0.717) is 34.2 Å². The highest BCUT2D eigenvalue weighted by molar-refractivity contribution is 7.99. The van der Waals surface area contributed by atoms with Crippen LogP contribution in [0.3, 0.4) is 0 Å². The van der Waals surface area contributed by atoms with Gasteiger partial charge >= 0.3 is 6.09 Å². The zero-order valence-corrected chi connectivity index (χ0v) is 23.9. The zero-order valence-electron chi connectivity index (χ0n) is 23.0. The molecule has 0 aliphatic carbocycles. The quantitative estimate of drug-likeness (QED) is 0.209. The number of nitrogens with zero attached hydrogens (tertiary/aromatic N) is 1. The fourth-order valence-electron chi connectivity index (χ4n) is 4.06. The number of anilines is 1. The minimum atomic E-state index is -0.548. The highest BCUT2D eigenvalue weighted by Crippen LogP contribution is 2.30. The van der Waals surface area contributed by atoms with Gasteiger partial charge in [0.2, 0.25) is 5.95 Å². The van der Waals surface area contributed by atoms with Gasteiger partial charge in [-0.2, -0.15) is 0 Å². The molecule has 0 saturated heterocycles. The number of ether oxygens (including phenoxy) is 3. The summed E-state index contributed by atoms with van der Waals surface area (Å²) in [5.41, 5.74) is 2.86. The van der Waals surface area contributed by atoms with Crippen molar-refractivity contribution < 1.29 is 23.4 Å². The Labute approximate surface area is 245 Å². The predicted octanol–water partition coefficient (Wildman–Crippen LogP) is 7.37. The van der Waals surface area contributed by atoms with Crippen LogP contribution in [0.5, 0.6) is 11.5 Å². The number of imidazole rings is 1. The molecule has 0 aliphatic rings. The van der Waals surface area contributed by atoms with Crippen molar-refractivity contribution in [1.82, 2.24) is 9.97 Å². The van der Waals surface area contributed by atoms with E-state index in [9.17, 15) is 9.59 Å². The third kappa shape index (κ3) is 6.73. The molecule has 1 amide bonds. The number of aromatic amines is 1. The number of rotatable bonds is 6. The summed E-state index contributed by atoms with van der Waals surface area (Å²) in [5.74, 6) is 2.23. The second kappa shape index (κ2) is 13.0. The second-order valence-corrected chi connectivity index (χ2v) is 10.0. The second-order valence-electron chi connectivity index (χ2n) is 8.87. The van der Waals surface area contributed by atoms with E-state index in [-0.39, 0.29) is 5.43 Å². The Morgan fingerprint density at radius 3 is 2.38 bits per heavy atom. The first kappa shape index (κ1) is 28.3. The first-order chi connectivity index (χ1) is 20.4. The maximum atomic E-state index is 12.2. The van der Waals surface area contributed by atoms with Crippen molar-refractivity contribution in [3.05, 3.63) is 107 Å². The van der Waals surface area contributed by atoms with Gasteiger partial charge in [-0.1, -0.05) is 42.1 Å². The van der Waals surface area contributed by atoms with Crippen LogP contribution in [0.25, 0.3) is 33.3 Å². The highest BCUT2D eigenvalue weighted by Gasteiger charge is 2.10. The Morgan fingerprint density at radius 1 is 0.833 bits per heavy atom. The largest absolute Gasteiger partial charge is 0.497 e. The number of hydrogen-bond donors (Lipinski definition) is 2. The number of amides is 1. The van der Waals surface area contributed by atoms with Gasteiger partial charge in [0, 0.05) is 27.5 Å². The summed E-state index contributed by atoms with van der Waals surface area (Å²) in [6.07, 6.45) is -0.548. The smallest absolute Gasteiger partial charge is 0.413 e. The molecule has 0 radical (unpaired) electrons. The molecule has 2 heterocycles. The van der Waals surface area contributed by atoms with Crippen molar-refractivity contribution in [1.29, 1.82) is 0 Å². The molecule has 0 fully saturated rings. The number of hydrogen-bond acceptors (Lipinski definition) is 8. The molecule has 0 unspecified atom stereocenters. The van der Waals surface area contributed by atoms with Crippen molar-refractivity contribution in [2.24, 2.45) is 0 Å². The number of fused-ring (bicyclic) bond motifs is 2. The van der Waals surface area contributed by atoms with E-state index in [1.807, 2.05) is 60.7 Å². The monoisotopic (exact) mass is 581 g/mol. The third-order valence-corrected chi connectivity index (χ3v) is 7.13. The van der Waals surface area contributed by atoms with E-state index < -0.39 is 6.09 Å². The summed E-state index contributed by atoms with van der Waals surface area (Å²) in [4.78, 5) is 33.0. The van der Waals surface area contributed by atoms with E-state index in [1.54, 1.807) is 44.2 Å². The topological polar surface area (TPSA) is 116 Å². The van der Waals surface area contributed by atoms with Crippen LogP contribution in [0.4, 0.5) is 10.7 Å². The number of methoxy groups -OCH3 is 3. The van der Waals surface area contributed by atoms with Crippen LogP contribution in [0.15, 0.2) is 116 Å². The fraction of sp³-hybridized carbons (Fsp3) is 0.0938. The van der Waals surface area contributed by atoms with Crippen molar-refractivity contribution in [3.63, 3.8) is 0 Å². The zero-order chi connectivity index (χ0) is 29.5. The number of H-pyrrole nitrogens is 1. The first-order valence-electron chi connectivity index (χ1n) is 12.8. The van der Waals surface area contributed by atoms with Gasteiger partial charge in [-0.25, -0.2) is 9.78 Å². The van der Waals surface area contributed by atoms with Gasteiger partial charge in [-0.3, -0.25) is 10.1 Å². The Morgan fingerprint density at radius 2 is 1.62 bits per heavy atom. The van der Waals surface area contributed by atoms with Gasteiger partial charge in [-0.05, 0) is 54.6 Å². The summed E-state index contributed by atoms with van der Waals surface area (Å²) < 4.78 is 20.7. The van der Waals surface area contributed by atoms with Crippen LogP contribution in [0.1, 0.15) is 0 Å².